The Balaban J connectivity index is 1.74. The van der Waals surface area contributed by atoms with Crippen molar-refractivity contribution in [2.45, 2.75) is 26.7 Å². The fourth-order valence-corrected chi connectivity index (χ4v) is 3.29. The fraction of sp³-hybridized carbons (Fsp3) is 0.500. The van der Waals surface area contributed by atoms with E-state index in [1.54, 1.807) is 24.5 Å². The molecule has 1 amide bonds. The Hall–Kier alpha value is -2.05. The molecule has 1 aromatic heterocycles. The SMILES string of the molecule is CC1(C)CC([NH+]2CCOCC2)=C/C(=N\NC(=O)c2cccnc2)C1. The first-order valence-electron chi connectivity index (χ1n) is 8.44. The van der Waals surface area contributed by atoms with Gasteiger partial charge in [-0.05, 0) is 24.0 Å². The molecule has 0 saturated carbocycles. The minimum absolute atomic E-state index is 0.146. The van der Waals surface area contributed by atoms with Crippen molar-refractivity contribution in [1.82, 2.24) is 10.4 Å². The summed E-state index contributed by atoms with van der Waals surface area (Å²) in [7, 11) is 0. The molecule has 6 nitrogen and oxygen atoms in total. The molecule has 1 saturated heterocycles. The standard InChI is InChI=1S/C18H24N4O2/c1-18(2)11-15(10-16(12-18)22-6-8-24-9-7-22)20-21-17(23)14-4-3-5-19-13-14/h3-5,10,13H,6-9,11-12H2,1-2H3,(H,21,23)/p+1/b20-15+. The number of nitrogens with one attached hydrogen (secondary N) is 2. The second kappa shape index (κ2) is 7.23. The molecule has 0 spiro atoms. The first-order valence-corrected chi connectivity index (χ1v) is 8.44. The van der Waals surface area contributed by atoms with Crippen molar-refractivity contribution in [2.75, 3.05) is 26.3 Å². The number of allylic oxidation sites excluding steroid dienone is 2. The molecule has 128 valence electrons. The Kier molecular flexibility index (Phi) is 5.06. The summed E-state index contributed by atoms with van der Waals surface area (Å²) < 4.78 is 5.46. The Bertz CT molecular complexity index is 646. The molecule has 1 aliphatic heterocycles. The summed E-state index contributed by atoms with van der Waals surface area (Å²) in [6.07, 6.45) is 7.24. The molecule has 1 fully saturated rings. The molecule has 3 rings (SSSR count). The Morgan fingerprint density at radius 2 is 2.12 bits per heavy atom. The van der Waals surface area contributed by atoms with Crippen molar-refractivity contribution < 1.29 is 14.4 Å². The summed E-state index contributed by atoms with van der Waals surface area (Å²) in [6.45, 7) is 8.10. The van der Waals surface area contributed by atoms with Gasteiger partial charge in [0.25, 0.3) is 5.91 Å². The van der Waals surface area contributed by atoms with Gasteiger partial charge in [-0.1, -0.05) is 13.8 Å². The number of ether oxygens (including phenoxy) is 1. The van der Waals surface area contributed by atoms with Gasteiger partial charge in [-0.2, -0.15) is 5.10 Å². The first-order chi connectivity index (χ1) is 11.5. The number of carbonyl (C=O) groups is 1. The van der Waals surface area contributed by atoms with Crippen LogP contribution in [0.2, 0.25) is 0 Å². The van der Waals surface area contributed by atoms with Crippen molar-refractivity contribution >= 4 is 11.6 Å². The molecule has 0 aromatic carbocycles. The normalized spacial score (nSPS) is 22.9. The number of aromatic nitrogens is 1. The number of nitrogens with zero attached hydrogens (tertiary/aromatic N) is 2. The summed E-state index contributed by atoms with van der Waals surface area (Å²) in [4.78, 5) is 17.6. The number of pyridine rings is 1. The van der Waals surface area contributed by atoms with Crippen molar-refractivity contribution in [2.24, 2.45) is 10.5 Å². The van der Waals surface area contributed by atoms with Crippen LogP contribution in [0, 0.1) is 5.41 Å². The fourth-order valence-electron chi connectivity index (χ4n) is 3.29. The average molecular weight is 329 g/mol. The van der Waals surface area contributed by atoms with Gasteiger partial charge in [0.2, 0.25) is 0 Å². The smallest absolute Gasteiger partial charge is 0.272 e. The van der Waals surface area contributed by atoms with E-state index in [0.717, 1.165) is 44.9 Å². The lowest BCUT2D eigenvalue weighted by atomic mass is 9.78. The summed E-state index contributed by atoms with van der Waals surface area (Å²) in [5.74, 6) is -0.229. The van der Waals surface area contributed by atoms with Gasteiger partial charge in [0.05, 0.1) is 24.5 Å². The minimum Gasteiger partial charge on any atom is -0.370 e. The van der Waals surface area contributed by atoms with E-state index in [-0.39, 0.29) is 11.3 Å². The number of hydrogen-bond acceptors (Lipinski definition) is 4. The highest BCUT2D eigenvalue weighted by Gasteiger charge is 2.32. The van der Waals surface area contributed by atoms with Crippen LogP contribution in [0.3, 0.4) is 0 Å². The molecule has 0 bridgehead atoms. The van der Waals surface area contributed by atoms with Crippen LogP contribution < -0.4 is 10.3 Å². The summed E-state index contributed by atoms with van der Waals surface area (Å²) in [5.41, 5.74) is 5.61. The van der Waals surface area contributed by atoms with E-state index in [9.17, 15) is 4.79 Å². The van der Waals surface area contributed by atoms with Crippen LogP contribution in [-0.4, -0.2) is 42.9 Å². The average Bonchev–Trinajstić information content (AvgIpc) is 2.60. The number of quaternary nitrogens is 1. The van der Waals surface area contributed by atoms with E-state index in [0.29, 0.717) is 5.56 Å². The van der Waals surface area contributed by atoms with Gasteiger partial charge in [-0.15, -0.1) is 0 Å². The molecule has 24 heavy (non-hydrogen) atoms. The molecular formula is C18H25N4O2+. The van der Waals surface area contributed by atoms with Crippen LogP contribution >= 0.6 is 0 Å². The molecule has 6 heteroatoms. The largest absolute Gasteiger partial charge is 0.370 e. The van der Waals surface area contributed by atoms with Gasteiger partial charge >= 0.3 is 0 Å². The van der Waals surface area contributed by atoms with E-state index in [1.165, 1.54) is 10.6 Å². The Morgan fingerprint density at radius 3 is 2.83 bits per heavy atom. The molecule has 1 aliphatic carbocycles. The number of hydrazone groups is 1. The summed E-state index contributed by atoms with van der Waals surface area (Å²) >= 11 is 0. The molecule has 2 N–H and O–H groups in total. The van der Waals surface area contributed by atoms with Crippen LogP contribution in [0.15, 0.2) is 41.4 Å². The quantitative estimate of drug-likeness (QED) is 0.806. The molecule has 2 heterocycles. The lowest BCUT2D eigenvalue weighted by Crippen LogP contribution is -3.12. The second-order valence-electron chi connectivity index (χ2n) is 7.19. The third-order valence-corrected chi connectivity index (χ3v) is 4.44. The Morgan fingerprint density at radius 1 is 1.33 bits per heavy atom. The summed E-state index contributed by atoms with van der Waals surface area (Å²) in [6, 6.07) is 3.47. The maximum Gasteiger partial charge on any atom is 0.272 e. The van der Waals surface area contributed by atoms with Gasteiger partial charge in [-0.3, -0.25) is 9.78 Å². The zero-order valence-electron chi connectivity index (χ0n) is 14.3. The number of amides is 1. The lowest BCUT2D eigenvalue weighted by Gasteiger charge is -2.34. The van der Waals surface area contributed by atoms with Crippen LogP contribution in [0.5, 0.6) is 0 Å². The number of rotatable bonds is 3. The third-order valence-electron chi connectivity index (χ3n) is 4.44. The zero-order chi connectivity index (χ0) is 17.0. The number of morpholine rings is 1. The molecular weight excluding hydrogens is 304 g/mol. The van der Waals surface area contributed by atoms with Gasteiger partial charge in [0.15, 0.2) is 0 Å². The predicted octanol–water partition coefficient (Wildman–Crippen LogP) is 0.786. The van der Waals surface area contributed by atoms with Crippen molar-refractivity contribution in [3.05, 3.63) is 41.9 Å². The van der Waals surface area contributed by atoms with Gasteiger partial charge < -0.3 is 9.64 Å². The number of carbonyl (C=O) groups excluding carboxylic acids is 1. The third kappa shape index (κ3) is 4.27. The van der Waals surface area contributed by atoms with Crippen molar-refractivity contribution in [3.63, 3.8) is 0 Å². The maximum atomic E-state index is 12.1. The van der Waals surface area contributed by atoms with Crippen molar-refractivity contribution in [3.8, 4) is 0 Å². The van der Waals surface area contributed by atoms with E-state index < -0.39 is 0 Å². The molecule has 0 unspecified atom stereocenters. The van der Waals surface area contributed by atoms with Crippen LogP contribution in [-0.2, 0) is 4.74 Å². The topological polar surface area (TPSA) is 68.0 Å². The monoisotopic (exact) mass is 329 g/mol. The first kappa shape index (κ1) is 16.8. The lowest BCUT2D eigenvalue weighted by molar-refractivity contribution is -0.871. The second-order valence-corrected chi connectivity index (χ2v) is 7.19. The molecule has 0 atom stereocenters. The van der Waals surface area contributed by atoms with Gasteiger partial charge in [0.1, 0.15) is 18.8 Å². The molecule has 2 aliphatic rings. The minimum atomic E-state index is -0.229. The van der Waals surface area contributed by atoms with Crippen LogP contribution in [0.4, 0.5) is 0 Å². The predicted molar refractivity (Wildman–Crippen MR) is 91.8 cm³/mol. The molecule has 0 radical (unpaired) electrons. The highest BCUT2D eigenvalue weighted by Crippen LogP contribution is 2.32. The van der Waals surface area contributed by atoms with E-state index in [2.05, 4.69) is 35.4 Å². The summed E-state index contributed by atoms with van der Waals surface area (Å²) in [5, 5.41) is 4.37. The number of hydrogen-bond donors (Lipinski definition) is 2. The highest BCUT2D eigenvalue weighted by molar-refractivity contribution is 5.99. The van der Waals surface area contributed by atoms with Gasteiger partial charge in [-0.25, -0.2) is 5.43 Å². The van der Waals surface area contributed by atoms with E-state index >= 15 is 0 Å². The zero-order valence-corrected chi connectivity index (χ0v) is 14.3. The van der Waals surface area contributed by atoms with Crippen LogP contribution in [0.25, 0.3) is 0 Å². The van der Waals surface area contributed by atoms with E-state index in [1.807, 2.05) is 0 Å². The van der Waals surface area contributed by atoms with Crippen LogP contribution in [0.1, 0.15) is 37.0 Å². The Labute approximate surface area is 142 Å². The highest BCUT2D eigenvalue weighted by atomic mass is 16.5. The maximum absolute atomic E-state index is 12.1. The van der Waals surface area contributed by atoms with Gasteiger partial charge in [0, 0.05) is 24.9 Å². The van der Waals surface area contributed by atoms with Crippen molar-refractivity contribution in [1.29, 1.82) is 0 Å². The van der Waals surface area contributed by atoms with E-state index in [4.69, 9.17) is 4.74 Å². The molecule has 1 aromatic rings.